The fourth-order valence-electron chi connectivity index (χ4n) is 3.02. The fraction of sp³-hybridized carbons (Fsp3) is 0.150. The van der Waals surface area contributed by atoms with Gasteiger partial charge in [0, 0.05) is 6.42 Å². The molecule has 0 amide bonds. The van der Waals surface area contributed by atoms with Crippen LogP contribution in [0.5, 0.6) is 0 Å². The number of furan rings is 1. The van der Waals surface area contributed by atoms with Crippen molar-refractivity contribution in [1.29, 1.82) is 0 Å². The van der Waals surface area contributed by atoms with E-state index >= 15 is 0 Å². The van der Waals surface area contributed by atoms with E-state index in [9.17, 15) is 8.42 Å². The molecule has 1 aromatic heterocycles. The summed E-state index contributed by atoms with van der Waals surface area (Å²) in [5.74, 6) is 0.579. The minimum Gasteiger partial charge on any atom is -0.467 e. The molecule has 0 fully saturated rings. The summed E-state index contributed by atoms with van der Waals surface area (Å²) in [5.41, 5.74) is 2.78. The lowest BCUT2D eigenvalue weighted by Crippen LogP contribution is -2.27. The second kappa shape index (κ2) is 6.46. The molecule has 0 bridgehead atoms. The van der Waals surface area contributed by atoms with E-state index in [4.69, 9.17) is 4.42 Å². The van der Waals surface area contributed by atoms with Gasteiger partial charge in [-0.2, -0.15) is 17.9 Å². The summed E-state index contributed by atoms with van der Waals surface area (Å²) in [5, 5.41) is 4.48. The molecule has 1 aliphatic rings. The van der Waals surface area contributed by atoms with E-state index in [1.165, 1.54) is 4.41 Å². The van der Waals surface area contributed by atoms with Gasteiger partial charge in [-0.05, 0) is 36.8 Å². The molecule has 2 aromatic carbocycles. The van der Waals surface area contributed by atoms with E-state index in [-0.39, 0.29) is 4.90 Å². The van der Waals surface area contributed by atoms with Gasteiger partial charge in [0.25, 0.3) is 10.0 Å². The Morgan fingerprint density at radius 3 is 2.38 bits per heavy atom. The van der Waals surface area contributed by atoms with Gasteiger partial charge in [-0.3, -0.25) is 0 Å². The summed E-state index contributed by atoms with van der Waals surface area (Å²) in [6.07, 6.45) is 2.01. The minimum absolute atomic E-state index is 0.213. The maximum absolute atomic E-state index is 13.1. The minimum atomic E-state index is -3.78. The number of hydrazone groups is 1. The van der Waals surface area contributed by atoms with Crippen LogP contribution in [0.2, 0.25) is 0 Å². The highest BCUT2D eigenvalue weighted by molar-refractivity contribution is 7.89. The standard InChI is InChI=1S/C20H18N2O3S/c1-15-9-11-16(12-10-15)18-14-19(20-8-5-13-25-20)22(21-18)26(23,24)17-6-3-2-4-7-17/h2-13,19H,14H2,1H3. The monoisotopic (exact) mass is 366 g/mol. The first-order chi connectivity index (χ1) is 12.6. The first-order valence-electron chi connectivity index (χ1n) is 8.33. The normalized spacial score (nSPS) is 17.3. The molecule has 3 aromatic rings. The average Bonchev–Trinajstić information content (AvgIpc) is 3.33. The van der Waals surface area contributed by atoms with E-state index in [1.807, 2.05) is 31.2 Å². The van der Waals surface area contributed by atoms with Crippen molar-refractivity contribution in [3.05, 3.63) is 89.9 Å². The van der Waals surface area contributed by atoms with Gasteiger partial charge in [0.2, 0.25) is 0 Å². The molecule has 6 heteroatoms. The number of aryl methyl sites for hydroxylation is 1. The quantitative estimate of drug-likeness (QED) is 0.697. The predicted molar refractivity (Wildman–Crippen MR) is 99.2 cm³/mol. The average molecular weight is 366 g/mol. The predicted octanol–water partition coefficient (Wildman–Crippen LogP) is 4.13. The fourth-order valence-corrected chi connectivity index (χ4v) is 4.46. The maximum atomic E-state index is 13.1. The van der Waals surface area contributed by atoms with E-state index in [1.54, 1.807) is 48.7 Å². The molecule has 0 radical (unpaired) electrons. The Kier molecular flexibility index (Phi) is 4.12. The second-order valence-electron chi connectivity index (χ2n) is 6.24. The largest absolute Gasteiger partial charge is 0.467 e. The van der Waals surface area contributed by atoms with E-state index in [2.05, 4.69) is 5.10 Å². The van der Waals surface area contributed by atoms with Crippen molar-refractivity contribution in [3.8, 4) is 0 Å². The zero-order chi connectivity index (χ0) is 18.1. The molecule has 4 rings (SSSR count). The van der Waals surface area contributed by atoms with Gasteiger partial charge >= 0.3 is 0 Å². The zero-order valence-electron chi connectivity index (χ0n) is 14.2. The number of sulfonamides is 1. The van der Waals surface area contributed by atoms with Gasteiger partial charge in [0.15, 0.2) is 0 Å². The van der Waals surface area contributed by atoms with Crippen LogP contribution in [0.25, 0.3) is 0 Å². The van der Waals surface area contributed by atoms with Gasteiger partial charge in [0.05, 0.1) is 16.9 Å². The molecule has 132 valence electrons. The van der Waals surface area contributed by atoms with Crippen molar-refractivity contribution in [2.75, 3.05) is 0 Å². The molecule has 0 spiro atoms. The number of benzene rings is 2. The van der Waals surface area contributed by atoms with Crippen molar-refractivity contribution in [1.82, 2.24) is 4.41 Å². The van der Waals surface area contributed by atoms with Crippen LogP contribution >= 0.6 is 0 Å². The molecule has 1 unspecified atom stereocenters. The Morgan fingerprint density at radius 1 is 1.00 bits per heavy atom. The van der Waals surface area contributed by atoms with Gasteiger partial charge in [-0.15, -0.1) is 0 Å². The third kappa shape index (κ3) is 2.93. The topological polar surface area (TPSA) is 62.9 Å². The van der Waals surface area contributed by atoms with Crippen molar-refractivity contribution < 1.29 is 12.8 Å². The molecule has 1 atom stereocenters. The van der Waals surface area contributed by atoms with Gasteiger partial charge in [0.1, 0.15) is 11.8 Å². The Balaban J connectivity index is 1.78. The lowest BCUT2D eigenvalue weighted by molar-refractivity contribution is 0.320. The van der Waals surface area contributed by atoms with Crippen LogP contribution in [0.4, 0.5) is 0 Å². The first-order valence-corrected chi connectivity index (χ1v) is 9.77. The summed E-state index contributed by atoms with van der Waals surface area (Å²) >= 11 is 0. The first kappa shape index (κ1) is 16.6. The van der Waals surface area contributed by atoms with Gasteiger partial charge in [-0.1, -0.05) is 48.0 Å². The van der Waals surface area contributed by atoms with Crippen LogP contribution in [0.3, 0.4) is 0 Å². The molecule has 2 heterocycles. The van der Waals surface area contributed by atoms with E-state index in [0.717, 1.165) is 16.8 Å². The molecule has 1 aliphatic heterocycles. The summed E-state index contributed by atoms with van der Waals surface area (Å²) in [7, 11) is -3.78. The smallest absolute Gasteiger partial charge is 0.279 e. The lowest BCUT2D eigenvalue weighted by atomic mass is 10.0. The molecule has 0 saturated heterocycles. The highest BCUT2D eigenvalue weighted by Crippen LogP contribution is 2.37. The number of hydrogen-bond acceptors (Lipinski definition) is 4. The van der Waals surface area contributed by atoms with Crippen LogP contribution in [-0.2, 0) is 10.0 Å². The molecular formula is C20H18N2O3S. The van der Waals surface area contributed by atoms with Crippen molar-refractivity contribution in [2.45, 2.75) is 24.3 Å². The molecule has 26 heavy (non-hydrogen) atoms. The lowest BCUT2D eigenvalue weighted by Gasteiger charge is -2.21. The van der Waals surface area contributed by atoms with Crippen LogP contribution in [-0.4, -0.2) is 18.5 Å². The second-order valence-corrected chi connectivity index (χ2v) is 8.03. The van der Waals surface area contributed by atoms with Crippen LogP contribution in [0.1, 0.15) is 29.3 Å². The Labute approximate surface area is 152 Å². The van der Waals surface area contributed by atoms with Crippen molar-refractivity contribution >= 4 is 15.7 Å². The summed E-state index contributed by atoms with van der Waals surface area (Å²) in [6, 6.07) is 19.3. The summed E-state index contributed by atoms with van der Waals surface area (Å²) in [4.78, 5) is 0.213. The maximum Gasteiger partial charge on any atom is 0.279 e. The molecule has 0 aliphatic carbocycles. The SMILES string of the molecule is Cc1ccc(C2=NN(S(=O)(=O)c3ccccc3)C(c3ccco3)C2)cc1. The number of nitrogens with zero attached hydrogens (tertiary/aromatic N) is 2. The molecule has 5 nitrogen and oxygen atoms in total. The Bertz CT molecular complexity index is 1020. The highest BCUT2D eigenvalue weighted by Gasteiger charge is 2.39. The van der Waals surface area contributed by atoms with Crippen LogP contribution in [0, 0.1) is 6.92 Å². The molecule has 0 N–H and O–H groups in total. The van der Waals surface area contributed by atoms with E-state index < -0.39 is 16.1 Å². The highest BCUT2D eigenvalue weighted by atomic mass is 32.2. The van der Waals surface area contributed by atoms with Crippen molar-refractivity contribution in [3.63, 3.8) is 0 Å². The Morgan fingerprint density at radius 2 is 1.73 bits per heavy atom. The van der Waals surface area contributed by atoms with Crippen LogP contribution in [0.15, 0.2) is 87.4 Å². The summed E-state index contributed by atoms with van der Waals surface area (Å²) < 4.78 is 33.0. The zero-order valence-corrected chi connectivity index (χ0v) is 15.1. The van der Waals surface area contributed by atoms with Crippen molar-refractivity contribution in [2.24, 2.45) is 5.10 Å². The number of hydrogen-bond donors (Lipinski definition) is 0. The van der Waals surface area contributed by atoms with Gasteiger partial charge < -0.3 is 4.42 Å². The van der Waals surface area contributed by atoms with E-state index in [0.29, 0.717) is 12.2 Å². The third-order valence-corrected chi connectivity index (χ3v) is 6.11. The Hall–Kier alpha value is -2.86. The third-order valence-electron chi connectivity index (χ3n) is 4.42. The summed E-state index contributed by atoms with van der Waals surface area (Å²) in [6.45, 7) is 2.01. The number of rotatable bonds is 4. The molecule has 0 saturated carbocycles. The van der Waals surface area contributed by atoms with Crippen LogP contribution < -0.4 is 0 Å². The van der Waals surface area contributed by atoms with Gasteiger partial charge in [-0.25, -0.2) is 0 Å². The molecular weight excluding hydrogens is 348 g/mol.